The van der Waals surface area contributed by atoms with E-state index in [1.54, 1.807) is 0 Å². The highest BCUT2D eigenvalue weighted by Gasteiger charge is 2.35. The Morgan fingerprint density at radius 1 is 0.655 bits per heavy atom. The van der Waals surface area contributed by atoms with Crippen molar-refractivity contribution in [2.75, 3.05) is 0 Å². The fraction of sp³-hybridized carbons (Fsp3) is 0.739. The summed E-state index contributed by atoms with van der Waals surface area (Å²) in [6, 6.07) is 4.18. The van der Waals surface area contributed by atoms with Crippen molar-refractivity contribution in [2.24, 2.45) is 0 Å². The zero-order valence-electron chi connectivity index (χ0n) is 21.9. The highest BCUT2D eigenvalue weighted by Crippen LogP contribution is 2.39. The van der Waals surface area contributed by atoms with E-state index in [-0.39, 0.29) is 10.8 Å². The molecule has 0 bridgehead atoms. The van der Waals surface area contributed by atoms with Gasteiger partial charge in [0.15, 0.2) is 16.6 Å². The van der Waals surface area contributed by atoms with Crippen molar-refractivity contribution >= 4 is 25.2 Å². The Bertz CT molecular complexity index is 618. The van der Waals surface area contributed by atoms with Gasteiger partial charge in [0.05, 0.1) is 0 Å². The Hall–Kier alpha value is -0.409. The molecule has 0 saturated heterocycles. The summed E-state index contributed by atoms with van der Waals surface area (Å²) < 4.78 is 12.2. The molecule has 0 aliphatic rings. The second-order valence-corrected chi connectivity index (χ2v) is 25.4. The first-order valence-corrected chi connectivity index (χ1v) is 20.3. The molecule has 0 radical (unpaired) electrons. The van der Waals surface area contributed by atoms with Crippen LogP contribution in [0.15, 0.2) is 12.1 Å². The van der Waals surface area contributed by atoms with Crippen LogP contribution in [0.5, 0.6) is 5.75 Å². The second-order valence-electron chi connectivity index (χ2n) is 12.5. The van der Waals surface area contributed by atoms with Crippen LogP contribution < -0.4 is 0 Å². The van der Waals surface area contributed by atoms with E-state index in [1.165, 1.54) is 5.56 Å². The Kier molecular flexibility index (Phi) is 9.25. The smallest absolute Gasteiger partial charge is 0.311 e. The first kappa shape index (κ1) is 28.6. The lowest BCUT2D eigenvalue weighted by Crippen LogP contribution is -2.50. The molecule has 1 aromatic carbocycles. The summed E-state index contributed by atoms with van der Waals surface area (Å²) in [5.74, 6) is 0.464. The van der Waals surface area contributed by atoms with Gasteiger partial charge < -0.3 is 13.3 Å². The topological polar surface area (TPSA) is 38.7 Å². The zero-order chi connectivity index (χ0) is 23.6. The van der Waals surface area contributed by atoms with Gasteiger partial charge in [0.2, 0.25) is 0 Å². The van der Waals surface area contributed by atoms with Crippen LogP contribution in [-0.2, 0) is 19.1 Å². The lowest BCUT2D eigenvalue weighted by atomic mass is 9.78. The van der Waals surface area contributed by atoms with Crippen LogP contribution in [0.1, 0.15) is 58.2 Å². The predicted molar refractivity (Wildman–Crippen MR) is 137 cm³/mol. The Balaban J connectivity index is 0.000000555. The summed E-state index contributed by atoms with van der Waals surface area (Å²) in [6.07, 6.45) is 0. The first-order valence-electron chi connectivity index (χ1n) is 10.7. The lowest BCUT2D eigenvalue weighted by Gasteiger charge is -2.35. The van der Waals surface area contributed by atoms with E-state index in [4.69, 9.17) is 8.23 Å². The number of hydrogen-bond donors (Lipinski definition) is 1. The molecule has 0 fully saturated rings. The molecule has 29 heavy (non-hydrogen) atoms. The van der Waals surface area contributed by atoms with Crippen LogP contribution in [0.4, 0.5) is 0 Å². The molecule has 6 heteroatoms. The van der Waals surface area contributed by atoms with Crippen molar-refractivity contribution in [1.82, 2.24) is 0 Å². The summed E-state index contributed by atoms with van der Waals surface area (Å²) in [5.41, 5.74) is 3.26. The third kappa shape index (κ3) is 11.5. The van der Waals surface area contributed by atoms with Crippen LogP contribution in [0, 0.1) is 6.92 Å². The molecule has 3 nitrogen and oxygen atoms in total. The van der Waals surface area contributed by atoms with Gasteiger partial charge in [0, 0.05) is 0 Å². The number of benzene rings is 1. The van der Waals surface area contributed by atoms with Gasteiger partial charge in [-0.1, -0.05) is 59.2 Å². The summed E-state index contributed by atoms with van der Waals surface area (Å²) in [7, 11) is -4.72. The van der Waals surface area contributed by atoms with E-state index in [0.717, 1.165) is 11.1 Å². The molecule has 0 aliphatic heterocycles. The van der Waals surface area contributed by atoms with Crippen molar-refractivity contribution in [2.45, 2.75) is 112 Å². The SMILES string of the molecule is C[Si](C)(C)O[Si](C)(C)O[Si](C)(C)C.Cc1cc(C(C)(C)C)c(O)c(C(C)(C)C)c1. The molecule has 1 rings (SSSR count). The average Bonchev–Trinajstić information content (AvgIpc) is 2.33. The summed E-state index contributed by atoms with van der Waals surface area (Å²) in [4.78, 5) is 0. The Morgan fingerprint density at radius 3 is 1.14 bits per heavy atom. The van der Waals surface area contributed by atoms with Crippen molar-refractivity contribution < 1.29 is 13.3 Å². The van der Waals surface area contributed by atoms with Crippen molar-refractivity contribution in [3.05, 3.63) is 28.8 Å². The minimum atomic E-state index is -1.85. The predicted octanol–water partition coefficient (Wildman–Crippen LogP) is 7.69. The fourth-order valence-corrected chi connectivity index (χ4v) is 15.8. The largest absolute Gasteiger partial charge is 0.507 e. The highest BCUT2D eigenvalue weighted by atomic mass is 28.5. The second kappa shape index (κ2) is 9.39. The van der Waals surface area contributed by atoms with E-state index < -0.39 is 25.2 Å². The maximum Gasteiger partial charge on any atom is 0.311 e. The standard InChI is InChI=1S/C15H24O.C8H24O2Si3/c1-10-8-11(14(2,3)4)13(16)12(9-10)15(5,6)7;1-11(2,3)9-13(7,8)10-12(4,5)6/h8-9,16H,1-7H3;1-8H3. The van der Waals surface area contributed by atoms with E-state index in [1.807, 2.05) is 0 Å². The molecule has 0 heterocycles. The summed E-state index contributed by atoms with van der Waals surface area (Å²) in [5, 5.41) is 10.4. The molecule has 0 unspecified atom stereocenters. The van der Waals surface area contributed by atoms with Gasteiger partial charge in [-0.15, -0.1) is 0 Å². The molecule has 0 atom stereocenters. The molecular formula is C23H48O3Si3. The highest BCUT2D eigenvalue weighted by molar-refractivity contribution is 6.87. The summed E-state index contributed by atoms with van der Waals surface area (Å²) >= 11 is 0. The Morgan fingerprint density at radius 2 is 0.931 bits per heavy atom. The number of hydrogen-bond acceptors (Lipinski definition) is 3. The van der Waals surface area contributed by atoms with E-state index in [9.17, 15) is 5.11 Å². The number of rotatable bonds is 4. The molecule has 0 spiro atoms. The van der Waals surface area contributed by atoms with Crippen molar-refractivity contribution in [3.63, 3.8) is 0 Å². The van der Waals surface area contributed by atoms with Crippen molar-refractivity contribution in [3.8, 4) is 5.75 Å². The van der Waals surface area contributed by atoms with Gasteiger partial charge in [-0.3, -0.25) is 0 Å². The fourth-order valence-electron chi connectivity index (χ4n) is 3.42. The van der Waals surface area contributed by atoms with Gasteiger partial charge in [-0.25, -0.2) is 0 Å². The van der Waals surface area contributed by atoms with Crippen LogP contribution in [0.3, 0.4) is 0 Å². The maximum atomic E-state index is 10.4. The van der Waals surface area contributed by atoms with Crippen LogP contribution in [0.2, 0.25) is 52.4 Å². The zero-order valence-corrected chi connectivity index (χ0v) is 24.9. The molecule has 1 aromatic rings. The third-order valence-electron chi connectivity index (χ3n) is 3.97. The van der Waals surface area contributed by atoms with Gasteiger partial charge in [0.25, 0.3) is 0 Å². The number of phenolic OH excluding ortho intramolecular Hbond substituents is 1. The van der Waals surface area contributed by atoms with Crippen LogP contribution in [-0.4, -0.2) is 30.3 Å². The van der Waals surface area contributed by atoms with Gasteiger partial charge in [-0.05, 0) is 81.3 Å². The van der Waals surface area contributed by atoms with Crippen molar-refractivity contribution in [1.29, 1.82) is 0 Å². The van der Waals surface area contributed by atoms with Crippen LogP contribution in [0.25, 0.3) is 0 Å². The minimum Gasteiger partial charge on any atom is -0.507 e. The normalized spacial score (nSPS) is 13.8. The van der Waals surface area contributed by atoms with Crippen LogP contribution >= 0.6 is 0 Å². The summed E-state index contributed by atoms with van der Waals surface area (Å²) in [6.45, 7) is 32.5. The lowest BCUT2D eigenvalue weighted by molar-refractivity contribution is 0.395. The average molecular weight is 457 g/mol. The molecule has 1 N–H and O–H groups in total. The van der Waals surface area contributed by atoms with Gasteiger partial charge in [0.1, 0.15) is 5.75 Å². The Labute approximate surface area is 184 Å². The molecule has 0 aromatic heterocycles. The molecule has 0 amide bonds. The van der Waals surface area contributed by atoms with Gasteiger partial charge in [-0.2, -0.15) is 0 Å². The quantitative estimate of drug-likeness (QED) is 0.472. The van der Waals surface area contributed by atoms with E-state index >= 15 is 0 Å². The molecule has 170 valence electrons. The third-order valence-corrected chi connectivity index (χ3v) is 12.8. The van der Waals surface area contributed by atoms with E-state index in [0.29, 0.717) is 5.75 Å². The molecule has 0 aliphatic carbocycles. The number of phenols is 1. The van der Waals surface area contributed by atoms with Gasteiger partial charge >= 0.3 is 8.56 Å². The van der Waals surface area contributed by atoms with E-state index in [2.05, 4.69) is 113 Å². The monoisotopic (exact) mass is 456 g/mol. The first-order chi connectivity index (χ1) is 12.4. The number of aryl methyl sites for hydroxylation is 1. The molecular weight excluding hydrogens is 409 g/mol. The maximum absolute atomic E-state index is 10.4. The molecule has 0 saturated carbocycles. The minimum absolute atomic E-state index is 0.0178. The number of aromatic hydroxyl groups is 1.